The number of aliphatic hydroxyl groups is 1. The Balaban J connectivity index is 2.17. The number of aliphatic hydroxyl groups excluding tert-OH is 1. The van der Waals surface area contributed by atoms with Crippen molar-refractivity contribution in [1.29, 1.82) is 0 Å². The maximum atomic E-state index is 11.5. The summed E-state index contributed by atoms with van der Waals surface area (Å²) in [5.41, 5.74) is 0.829. The lowest BCUT2D eigenvalue weighted by Crippen LogP contribution is -2.44. The molecule has 1 heterocycles. The van der Waals surface area contributed by atoms with Gasteiger partial charge in [0.25, 0.3) is 0 Å². The van der Waals surface area contributed by atoms with Crippen LogP contribution in [0, 0.1) is 6.92 Å². The summed E-state index contributed by atoms with van der Waals surface area (Å²) < 4.78 is 4.71. The van der Waals surface area contributed by atoms with E-state index >= 15 is 0 Å². The van der Waals surface area contributed by atoms with Crippen LogP contribution in [0.25, 0.3) is 0 Å². The lowest BCUT2D eigenvalue weighted by molar-refractivity contribution is 0.0599. The molecule has 110 valence electrons. The smallest absolute Gasteiger partial charge is 0.339 e. The van der Waals surface area contributed by atoms with E-state index in [2.05, 4.69) is 10.3 Å². The van der Waals surface area contributed by atoms with Gasteiger partial charge in [-0.05, 0) is 31.9 Å². The average molecular weight is 278 g/mol. The van der Waals surface area contributed by atoms with E-state index in [9.17, 15) is 9.90 Å². The summed E-state index contributed by atoms with van der Waals surface area (Å²) in [6, 6.07) is 3.48. The Hall–Kier alpha value is -1.62. The molecule has 0 unspecified atom stereocenters. The Bertz CT molecular complexity index is 482. The van der Waals surface area contributed by atoms with E-state index in [1.54, 1.807) is 19.1 Å². The van der Waals surface area contributed by atoms with Gasteiger partial charge in [-0.3, -0.25) is 0 Å². The summed E-state index contributed by atoms with van der Waals surface area (Å²) in [5.74, 6) is 0.321. The molecule has 1 fully saturated rings. The lowest BCUT2D eigenvalue weighted by Gasteiger charge is -2.37. The zero-order chi connectivity index (χ0) is 14.6. The lowest BCUT2D eigenvalue weighted by atomic mass is 9.82. The SMILES string of the molecule is COC(=O)c1ccc(NC2(CO)CCCCC2)nc1C. The van der Waals surface area contributed by atoms with Crippen LogP contribution >= 0.6 is 0 Å². The molecule has 2 N–H and O–H groups in total. The minimum Gasteiger partial charge on any atom is -0.465 e. The number of hydrogen-bond acceptors (Lipinski definition) is 5. The molecule has 1 aliphatic rings. The fraction of sp³-hybridized carbons (Fsp3) is 0.600. The predicted octanol–water partition coefficient (Wildman–Crippen LogP) is 2.28. The van der Waals surface area contributed by atoms with Gasteiger partial charge >= 0.3 is 5.97 Å². The molecule has 0 aromatic carbocycles. The first-order valence-electron chi connectivity index (χ1n) is 7.05. The van der Waals surface area contributed by atoms with Crippen molar-refractivity contribution in [2.45, 2.75) is 44.6 Å². The van der Waals surface area contributed by atoms with Crippen LogP contribution in [-0.2, 0) is 4.74 Å². The van der Waals surface area contributed by atoms with E-state index in [0.29, 0.717) is 17.1 Å². The normalized spacial score (nSPS) is 17.6. The number of ether oxygens (including phenoxy) is 1. The summed E-state index contributed by atoms with van der Waals surface area (Å²) in [6.07, 6.45) is 5.35. The van der Waals surface area contributed by atoms with Crippen molar-refractivity contribution >= 4 is 11.8 Å². The molecule has 20 heavy (non-hydrogen) atoms. The molecule has 1 aromatic rings. The number of nitrogens with zero attached hydrogens (tertiary/aromatic N) is 1. The summed E-state index contributed by atoms with van der Waals surface area (Å²) in [6.45, 7) is 1.89. The first-order valence-corrected chi connectivity index (χ1v) is 7.05. The van der Waals surface area contributed by atoms with Crippen LogP contribution in [0.3, 0.4) is 0 Å². The number of rotatable bonds is 4. The van der Waals surface area contributed by atoms with Gasteiger partial charge in [0.05, 0.1) is 30.5 Å². The number of carbonyl (C=O) groups excluding carboxylic acids is 1. The van der Waals surface area contributed by atoms with Crippen LogP contribution < -0.4 is 5.32 Å². The predicted molar refractivity (Wildman–Crippen MR) is 76.8 cm³/mol. The van der Waals surface area contributed by atoms with Crippen LogP contribution in [0.5, 0.6) is 0 Å². The summed E-state index contributed by atoms with van der Waals surface area (Å²) >= 11 is 0. The molecule has 5 nitrogen and oxygen atoms in total. The quantitative estimate of drug-likeness (QED) is 0.827. The molecule has 1 aromatic heterocycles. The molecule has 0 spiro atoms. The van der Waals surface area contributed by atoms with Crippen molar-refractivity contribution in [1.82, 2.24) is 4.98 Å². The molecule has 1 saturated carbocycles. The second kappa shape index (κ2) is 6.22. The minimum absolute atomic E-state index is 0.104. The zero-order valence-electron chi connectivity index (χ0n) is 12.1. The highest BCUT2D eigenvalue weighted by molar-refractivity contribution is 5.90. The van der Waals surface area contributed by atoms with Crippen LogP contribution in [-0.4, -0.2) is 35.3 Å². The van der Waals surface area contributed by atoms with Gasteiger partial charge in [0, 0.05) is 0 Å². The second-order valence-corrected chi connectivity index (χ2v) is 5.45. The van der Waals surface area contributed by atoms with Crippen molar-refractivity contribution in [3.05, 3.63) is 23.4 Å². The summed E-state index contributed by atoms with van der Waals surface area (Å²) in [5, 5.41) is 13.0. The van der Waals surface area contributed by atoms with E-state index in [-0.39, 0.29) is 18.1 Å². The standard InChI is InChI=1S/C15H22N2O3/c1-11-12(14(19)20-2)6-7-13(16-11)17-15(10-18)8-4-3-5-9-15/h6-7,18H,3-5,8-10H2,1-2H3,(H,16,17). The first kappa shape index (κ1) is 14.8. The Morgan fingerprint density at radius 3 is 2.65 bits per heavy atom. The van der Waals surface area contributed by atoms with Crippen molar-refractivity contribution in [2.24, 2.45) is 0 Å². The molecule has 1 aliphatic carbocycles. The van der Waals surface area contributed by atoms with Crippen LogP contribution in [0.2, 0.25) is 0 Å². The Labute approximate surface area is 119 Å². The van der Waals surface area contributed by atoms with Crippen molar-refractivity contribution in [3.63, 3.8) is 0 Å². The number of nitrogens with one attached hydrogen (secondary N) is 1. The highest BCUT2D eigenvalue weighted by atomic mass is 16.5. The maximum absolute atomic E-state index is 11.5. The van der Waals surface area contributed by atoms with Gasteiger partial charge in [-0.25, -0.2) is 9.78 Å². The number of anilines is 1. The summed E-state index contributed by atoms with van der Waals surface area (Å²) in [7, 11) is 1.36. The third-order valence-corrected chi connectivity index (χ3v) is 4.00. The number of esters is 1. The molecule has 5 heteroatoms. The molecule has 0 amide bonds. The van der Waals surface area contributed by atoms with Crippen LogP contribution in [0.15, 0.2) is 12.1 Å². The number of hydrogen-bond donors (Lipinski definition) is 2. The zero-order valence-corrected chi connectivity index (χ0v) is 12.1. The van der Waals surface area contributed by atoms with E-state index in [1.165, 1.54) is 13.5 Å². The second-order valence-electron chi connectivity index (χ2n) is 5.45. The van der Waals surface area contributed by atoms with E-state index in [4.69, 9.17) is 4.74 Å². The maximum Gasteiger partial charge on any atom is 0.339 e. The Morgan fingerprint density at radius 2 is 2.10 bits per heavy atom. The van der Waals surface area contributed by atoms with Gasteiger partial charge in [0.15, 0.2) is 0 Å². The van der Waals surface area contributed by atoms with Crippen molar-refractivity contribution in [2.75, 3.05) is 19.0 Å². The molecular formula is C15H22N2O3. The fourth-order valence-electron chi connectivity index (χ4n) is 2.78. The highest BCUT2D eigenvalue weighted by Gasteiger charge is 2.31. The van der Waals surface area contributed by atoms with E-state index in [0.717, 1.165) is 25.7 Å². The Kier molecular flexibility index (Phi) is 4.60. The van der Waals surface area contributed by atoms with Crippen LogP contribution in [0.1, 0.15) is 48.2 Å². The van der Waals surface area contributed by atoms with Gasteiger partial charge in [-0.2, -0.15) is 0 Å². The molecule has 0 bridgehead atoms. The number of carbonyl (C=O) groups is 1. The fourth-order valence-corrected chi connectivity index (χ4v) is 2.78. The third-order valence-electron chi connectivity index (χ3n) is 4.00. The largest absolute Gasteiger partial charge is 0.465 e. The van der Waals surface area contributed by atoms with E-state index < -0.39 is 0 Å². The Morgan fingerprint density at radius 1 is 1.40 bits per heavy atom. The number of methoxy groups -OCH3 is 1. The van der Waals surface area contributed by atoms with Gasteiger partial charge in [0.1, 0.15) is 5.82 Å². The molecule has 0 radical (unpaired) electrons. The van der Waals surface area contributed by atoms with Crippen LogP contribution in [0.4, 0.5) is 5.82 Å². The van der Waals surface area contributed by atoms with Gasteiger partial charge in [0.2, 0.25) is 0 Å². The first-order chi connectivity index (χ1) is 9.60. The van der Waals surface area contributed by atoms with Crippen molar-refractivity contribution in [3.8, 4) is 0 Å². The number of aryl methyl sites for hydroxylation is 1. The van der Waals surface area contributed by atoms with Gasteiger partial charge in [-0.15, -0.1) is 0 Å². The minimum atomic E-state index is -0.379. The highest BCUT2D eigenvalue weighted by Crippen LogP contribution is 2.31. The molecule has 0 atom stereocenters. The average Bonchev–Trinajstić information content (AvgIpc) is 2.47. The molecule has 2 rings (SSSR count). The number of pyridine rings is 1. The topological polar surface area (TPSA) is 71.5 Å². The monoisotopic (exact) mass is 278 g/mol. The van der Waals surface area contributed by atoms with Crippen molar-refractivity contribution < 1.29 is 14.6 Å². The third kappa shape index (κ3) is 3.10. The van der Waals surface area contributed by atoms with Gasteiger partial charge in [-0.1, -0.05) is 19.3 Å². The number of aromatic nitrogens is 1. The summed E-state index contributed by atoms with van der Waals surface area (Å²) in [4.78, 5) is 15.9. The molecule has 0 aliphatic heterocycles. The molecule has 0 saturated heterocycles. The van der Waals surface area contributed by atoms with E-state index in [1.807, 2.05) is 0 Å². The molecular weight excluding hydrogens is 256 g/mol. The van der Waals surface area contributed by atoms with Gasteiger partial charge < -0.3 is 15.2 Å².